The molecule has 1 aromatic rings. The van der Waals surface area contributed by atoms with Crippen LogP contribution >= 0.6 is 11.3 Å². The lowest BCUT2D eigenvalue weighted by Crippen LogP contribution is -1.89. The number of rotatable bonds is 1. The number of aromatic nitrogens is 1. The quantitative estimate of drug-likeness (QED) is 0.346. The van der Waals surface area contributed by atoms with Crippen LogP contribution in [0.2, 0.25) is 0 Å². The van der Waals surface area contributed by atoms with Crippen LogP contribution in [0.25, 0.3) is 0 Å². The predicted octanol–water partition coefficient (Wildman–Crippen LogP) is 1.50. The fourth-order valence-corrected chi connectivity index (χ4v) is 0.918. The second-order valence-corrected chi connectivity index (χ2v) is 2.19. The van der Waals surface area contributed by atoms with Gasteiger partial charge in [-0.05, 0) is 0 Å². The molecule has 46 valence electrons. The van der Waals surface area contributed by atoms with E-state index in [4.69, 9.17) is 10.9 Å². The summed E-state index contributed by atoms with van der Waals surface area (Å²) in [7, 11) is 0. The highest BCUT2D eigenvalue weighted by Crippen LogP contribution is 2.04. The van der Waals surface area contributed by atoms with E-state index in [2.05, 4.69) is 10.1 Å². The van der Waals surface area contributed by atoms with E-state index in [9.17, 15) is 0 Å². The van der Waals surface area contributed by atoms with Crippen LogP contribution in [0.3, 0.4) is 0 Å². The average molecular weight is 140 g/mol. The van der Waals surface area contributed by atoms with E-state index in [0.717, 1.165) is 0 Å². The van der Waals surface area contributed by atoms with Gasteiger partial charge in [-0.3, -0.25) is 5.41 Å². The van der Waals surface area contributed by atoms with Crippen molar-refractivity contribution in [3.8, 4) is 0 Å². The van der Waals surface area contributed by atoms with Crippen LogP contribution in [-0.4, -0.2) is 10.8 Å². The third kappa shape index (κ3) is 1.17. The summed E-state index contributed by atoms with van der Waals surface area (Å²) in [5.41, 5.74) is 6.45. The third-order valence-corrected chi connectivity index (χ3v) is 1.53. The topological polar surface area (TPSA) is 73.0 Å². The second kappa shape index (κ2) is 2.45. The molecule has 1 aromatic heterocycles. The monoisotopic (exact) mass is 140 g/mol. The summed E-state index contributed by atoms with van der Waals surface area (Å²) in [6, 6.07) is 0. The molecule has 4 nitrogen and oxygen atoms in total. The number of nitrogens with zero attached hydrogens (tertiary/aromatic N) is 2. The van der Waals surface area contributed by atoms with Crippen molar-refractivity contribution < 1.29 is 0 Å². The first kappa shape index (κ1) is 6.03. The van der Waals surface area contributed by atoms with Gasteiger partial charge in [-0.25, -0.2) is 10.5 Å². The van der Waals surface area contributed by atoms with Crippen molar-refractivity contribution in [3.63, 3.8) is 0 Å². The molecule has 0 aromatic carbocycles. The van der Waals surface area contributed by atoms with E-state index in [1.165, 1.54) is 11.3 Å². The molecule has 0 amide bonds. The maximum Gasteiger partial charge on any atom is 0.202 e. The number of thiazole rings is 1. The molecule has 0 saturated carbocycles. The zero-order valence-electron chi connectivity index (χ0n) is 4.46. The fourth-order valence-electron chi connectivity index (χ4n) is 0.388. The Hall–Kier alpha value is -1.10. The third-order valence-electron chi connectivity index (χ3n) is 0.747. The van der Waals surface area contributed by atoms with Gasteiger partial charge in [0.2, 0.25) is 5.84 Å². The molecule has 0 atom stereocenters. The molecule has 0 aliphatic rings. The summed E-state index contributed by atoms with van der Waals surface area (Å²) in [4.78, 5) is 3.77. The Bertz CT molecular complexity index is 214. The van der Waals surface area contributed by atoms with Crippen LogP contribution in [0.1, 0.15) is 5.01 Å². The number of hydrogen-bond donors (Lipinski definition) is 2. The van der Waals surface area contributed by atoms with Crippen LogP contribution in [-0.2, 0) is 0 Å². The molecular formula is C4H4N4S. The van der Waals surface area contributed by atoms with Crippen molar-refractivity contribution >= 4 is 17.2 Å². The van der Waals surface area contributed by atoms with Crippen molar-refractivity contribution in [2.45, 2.75) is 0 Å². The minimum absolute atomic E-state index is 0.0787. The molecule has 0 radical (unpaired) electrons. The lowest BCUT2D eigenvalue weighted by molar-refractivity contribution is 1.16. The Morgan fingerprint density at radius 3 is 3.00 bits per heavy atom. The molecule has 0 unspecified atom stereocenters. The number of amidine groups is 1. The molecular weight excluding hydrogens is 136 g/mol. The molecule has 0 aliphatic heterocycles. The molecule has 9 heavy (non-hydrogen) atoms. The first-order valence-corrected chi connectivity index (χ1v) is 3.08. The Kier molecular flexibility index (Phi) is 1.64. The maximum atomic E-state index is 6.99. The van der Waals surface area contributed by atoms with Gasteiger partial charge in [0.15, 0.2) is 5.01 Å². The van der Waals surface area contributed by atoms with Crippen LogP contribution in [0.15, 0.2) is 16.7 Å². The largest absolute Gasteiger partial charge is 0.279 e. The molecule has 2 N–H and O–H groups in total. The van der Waals surface area contributed by atoms with Gasteiger partial charge < -0.3 is 0 Å². The van der Waals surface area contributed by atoms with Crippen LogP contribution in [0, 0.1) is 10.9 Å². The first-order valence-electron chi connectivity index (χ1n) is 2.20. The van der Waals surface area contributed by atoms with Gasteiger partial charge in [-0.2, -0.15) is 0 Å². The second-order valence-electron chi connectivity index (χ2n) is 1.30. The van der Waals surface area contributed by atoms with Crippen LogP contribution < -0.4 is 0 Å². The van der Waals surface area contributed by atoms with Crippen LogP contribution in [0.5, 0.6) is 0 Å². The van der Waals surface area contributed by atoms with Crippen molar-refractivity contribution in [1.29, 1.82) is 10.9 Å². The highest BCUT2D eigenvalue weighted by atomic mass is 32.1. The van der Waals surface area contributed by atoms with E-state index in [0.29, 0.717) is 5.01 Å². The van der Waals surface area contributed by atoms with Gasteiger partial charge in [0.25, 0.3) is 0 Å². The lowest BCUT2D eigenvalue weighted by Gasteiger charge is -1.82. The summed E-state index contributed by atoms with van der Waals surface area (Å²) in [5, 5.41) is 12.1. The lowest BCUT2D eigenvalue weighted by atomic mass is 10.6. The Balaban J connectivity index is 2.89. The van der Waals surface area contributed by atoms with Crippen LogP contribution in [0.4, 0.5) is 0 Å². The van der Waals surface area contributed by atoms with E-state index in [-0.39, 0.29) is 5.84 Å². The maximum absolute atomic E-state index is 6.99. The molecule has 0 saturated heterocycles. The molecule has 0 fully saturated rings. The number of hydrogen-bond acceptors (Lipinski definition) is 4. The van der Waals surface area contributed by atoms with E-state index in [1.54, 1.807) is 11.6 Å². The van der Waals surface area contributed by atoms with Crippen molar-refractivity contribution in [1.82, 2.24) is 4.98 Å². The van der Waals surface area contributed by atoms with Gasteiger partial charge in [0.05, 0.1) is 0 Å². The molecule has 1 heterocycles. The average Bonchev–Trinajstić information content (AvgIpc) is 2.37. The molecule has 0 spiro atoms. The van der Waals surface area contributed by atoms with Gasteiger partial charge in [-0.1, -0.05) is 0 Å². The van der Waals surface area contributed by atoms with Crippen molar-refractivity contribution in [2.24, 2.45) is 5.11 Å². The molecule has 0 bridgehead atoms. The van der Waals surface area contributed by atoms with Crippen molar-refractivity contribution in [2.75, 3.05) is 0 Å². The predicted molar refractivity (Wildman–Crippen MR) is 34.1 cm³/mol. The normalized spacial score (nSPS) is 8.89. The smallest absolute Gasteiger partial charge is 0.202 e. The summed E-state index contributed by atoms with van der Waals surface area (Å²) in [6.45, 7) is 0. The minimum Gasteiger partial charge on any atom is -0.279 e. The Morgan fingerprint density at radius 2 is 2.56 bits per heavy atom. The minimum atomic E-state index is -0.0787. The highest BCUT2D eigenvalue weighted by Gasteiger charge is 1.99. The van der Waals surface area contributed by atoms with E-state index < -0.39 is 0 Å². The first-order chi connectivity index (χ1) is 4.34. The van der Waals surface area contributed by atoms with Gasteiger partial charge in [0, 0.05) is 11.6 Å². The van der Waals surface area contributed by atoms with Crippen molar-refractivity contribution in [3.05, 3.63) is 16.6 Å². The summed E-state index contributed by atoms with van der Waals surface area (Å²) in [5.74, 6) is -0.0787. The standard InChI is InChI=1S/C4H4N4S/c5-3(8-6)4-7-1-2-9-4/h1-2,5-6H. The molecule has 0 aliphatic carbocycles. The van der Waals surface area contributed by atoms with Gasteiger partial charge in [0.1, 0.15) is 0 Å². The van der Waals surface area contributed by atoms with E-state index >= 15 is 0 Å². The zero-order chi connectivity index (χ0) is 6.69. The summed E-state index contributed by atoms with van der Waals surface area (Å²) < 4.78 is 0. The van der Waals surface area contributed by atoms with E-state index in [1.807, 2.05) is 0 Å². The Labute approximate surface area is 55.6 Å². The number of nitrogens with one attached hydrogen (secondary N) is 2. The fraction of sp³-hybridized carbons (Fsp3) is 0. The SMILES string of the molecule is N=NC(=N)c1nccs1. The molecule has 5 heteroatoms. The van der Waals surface area contributed by atoms with Gasteiger partial charge in [-0.15, -0.1) is 16.5 Å². The summed E-state index contributed by atoms with van der Waals surface area (Å²) in [6.07, 6.45) is 1.58. The zero-order valence-corrected chi connectivity index (χ0v) is 5.27. The highest BCUT2D eigenvalue weighted by molar-refractivity contribution is 7.11. The molecule has 1 rings (SSSR count). The Morgan fingerprint density at radius 1 is 1.78 bits per heavy atom. The summed E-state index contributed by atoms with van der Waals surface area (Å²) >= 11 is 1.31. The van der Waals surface area contributed by atoms with Gasteiger partial charge >= 0.3 is 0 Å².